The van der Waals surface area contributed by atoms with Gasteiger partial charge in [0.1, 0.15) is 11.7 Å². The van der Waals surface area contributed by atoms with Crippen molar-refractivity contribution in [2.45, 2.75) is 37.3 Å². The van der Waals surface area contributed by atoms with Crippen LogP contribution in [0.4, 0.5) is 11.5 Å². The molecule has 1 aromatic rings. The summed E-state index contributed by atoms with van der Waals surface area (Å²) in [6, 6.07) is 5.85. The summed E-state index contributed by atoms with van der Waals surface area (Å²) >= 11 is 1.52. The van der Waals surface area contributed by atoms with Gasteiger partial charge in [0.25, 0.3) is 0 Å². The van der Waals surface area contributed by atoms with Crippen LogP contribution in [0.3, 0.4) is 0 Å². The molecule has 30 heavy (non-hydrogen) atoms. The summed E-state index contributed by atoms with van der Waals surface area (Å²) in [7, 11) is 0. The van der Waals surface area contributed by atoms with Gasteiger partial charge >= 0.3 is 0 Å². The van der Waals surface area contributed by atoms with Crippen LogP contribution in [0.2, 0.25) is 0 Å². The topological polar surface area (TPSA) is 110 Å². The van der Waals surface area contributed by atoms with Crippen LogP contribution in [0.25, 0.3) is 0 Å². The monoisotopic (exact) mass is 428 g/mol. The maximum atomic E-state index is 12.8. The number of carbonyl (C=O) groups excluding carboxylic acids is 2. The molecule has 0 saturated carbocycles. The third-order valence-electron chi connectivity index (χ3n) is 4.70. The summed E-state index contributed by atoms with van der Waals surface area (Å²) in [6.07, 6.45) is 7.83. The lowest BCUT2D eigenvalue weighted by atomic mass is 10.1. The summed E-state index contributed by atoms with van der Waals surface area (Å²) in [6.45, 7) is 5.97. The van der Waals surface area contributed by atoms with Crippen molar-refractivity contribution in [2.75, 3.05) is 36.8 Å². The molecule has 1 aliphatic heterocycles. The minimum atomic E-state index is -0.837. The number of nitrogens with one attached hydrogen (secondary N) is 3. The minimum Gasteiger partial charge on any atom is -0.385 e. The van der Waals surface area contributed by atoms with E-state index < -0.39 is 5.92 Å². The zero-order valence-corrected chi connectivity index (χ0v) is 18.2. The molecule has 0 aromatic carbocycles. The number of amides is 2. The number of terminal acetylenes is 1. The number of anilines is 2. The van der Waals surface area contributed by atoms with Crippen LogP contribution in [-0.2, 0) is 9.59 Å². The van der Waals surface area contributed by atoms with Gasteiger partial charge in [0.2, 0.25) is 11.8 Å². The van der Waals surface area contributed by atoms with Gasteiger partial charge in [0.05, 0.1) is 23.2 Å². The molecule has 8 nitrogen and oxygen atoms in total. The normalized spacial score (nSPS) is 18.9. The molecular formula is C21H28N6O2S. The van der Waals surface area contributed by atoms with E-state index in [4.69, 9.17) is 6.42 Å². The van der Waals surface area contributed by atoms with Crippen LogP contribution < -0.4 is 16.0 Å². The third-order valence-corrected chi connectivity index (χ3v) is 6.22. The molecule has 0 radical (unpaired) electrons. The van der Waals surface area contributed by atoms with Crippen LogP contribution in [0, 0.1) is 29.6 Å². The molecule has 0 bridgehead atoms. The van der Waals surface area contributed by atoms with E-state index in [1.54, 1.807) is 11.1 Å². The Bertz CT molecular complexity index is 818. The SMILES string of the molecule is C#CCNC(=O)C(C#N)CC1SC(CCNc2ccnc(NCC)c2)C(=O)N1CC. The highest BCUT2D eigenvalue weighted by atomic mass is 32.2. The Hall–Kier alpha value is -2.91. The molecule has 0 aliphatic carbocycles. The molecule has 160 valence electrons. The predicted molar refractivity (Wildman–Crippen MR) is 120 cm³/mol. The number of pyridine rings is 1. The van der Waals surface area contributed by atoms with Gasteiger partial charge in [-0.1, -0.05) is 5.92 Å². The zero-order valence-electron chi connectivity index (χ0n) is 17.4. The van der Waals surface area contributed by atoms with E-state index in [1.807, 2.05) is 32.0 Å². The van der Waals surface area contributed by atoms with Crippen LogP contribution in [0.1, 0.15) is 26.7 Å². The Balaban J connectivity index is 1.92. The highest BCUT2D eigenvalue weighted by Crippen LogP contribution is 2.36. The molecule has 3 unspecified atom stereocenters. The molecule has 2 amide bonds. The lowest BCUT2D eigenvalue weighted by Crippen LogP contribution is -2.38. The van der Waals surface area contributed by atoms with Gasteiger partial charge < -0.3 is 20.9 Å². The Morgan fingerprint density at radius 1 is 1.43 bits per heavy atom. The standard InChI is InChI=1S/C21H28N6O2S/c1-4-9-26-20(28)15(14-22)12-19-27(6-3)21(29)17(30-19)8-11-24-16-7-10-25-18(13-16)23-5-2/h1,7,10,13,15,17,19H,5-6,8-9,11-12H2,2-3H3,(H,26,28)(H2,23,24,25). The zero-order chi connectivity index (χ0) is 21.9. The Kier molecular flexibility index (Phi) is 9.30. The predicted octanol–water partition coefficient (Wildman–Crippen LogP) is 1.88. The average Bonchev–Trinajstić information content (AvgIpc) is 3.05. The second-order valence-electron chi connectivity index (χ2n) is 6.72. The fraction of sp³-hybridized carbons (Fsp3) is 0.524. The number of carbonyl (C=O) groups is 2. The summed E-state index contributed by atoms with van der Waals surface area (Å²) in [5.41, 5.74) is 0.940. The van der Waals surface area contributed by atoms with Crippen molar-refractivity contribution < 1.29 is 9.59 Å². The fourth-order valence-corrected chi connectivity index (χ4v) is 4.82. The Morgan fingerprint density at radius 2 is 2.23 bits per heavy atom. The highest BCUT2D eigenvalue weighted by Gasteiger charge is 2.40. The minimum absolute atomic E-state index is 0.0538. The van der Waals surface area contributed by atoms with Crippen LogP contribution >= 0.6 is 11.8 Å². The molecule has 1 aromatic heterocycles. The number of aromatic nitrogens is 1. The molecule has 0 spiro atoms. The van der Waals surface area contributed by atoms with Gasteiger partial charge in [-0.2, -0.15) is 5.26 Å². The molecule has 2 rings (SSSR count). The van der Waals surface area contributed by atoms with Crippen molar-refractivity contribution in [3.8, 4) is 18.4 Å². The first-order chi connectivity index (χ1) is 14.5. The van der Waals surface area contributed by atoms with E-state index in [0.29, 0.717) is 19.5 Å². The number of nitriles is 1. The van der Waals surface area contributed by atoms with E-state index >= 15 is 0 Å². The summed E-state index contributed by atoms with van der Waals surface area (Å²) in [5, 5.41) is 18.0. The van der Waals surface area contributed by atoms with E-state index in [2.05, 4.69) is 26.9 Å². The second kappa shape index (κ2) is 11.9. The van der Waals surface area contributed by atoms with Crippen molar-refractivity contribution in [1.29, 1.82) is 5.26 Å². The van der Waals surface area contributed by atoms with Gasteiger partial charge in [-0.15, -0.1) is 18.2 Å². The number of nitrogens with zero attached hydrogens (tertiary/aromatic N) is 3. The first-order valence-corrected chi connectivity index (χ1v) is 11.0. The van der Waals surface area contributed by atoms with Crippen molar-refractivity contribution in [2.24, 2.45) is 5.92 Å². The van der Waals surface area contributed by atoms with Crippen molar-refractivity contribution in [3.05, 3.63) is 18.3 Å². The largest absolute Gasteiger partial charge is 0.385 e. The van der Waals surface area contributed by atoms with Crippen LogP contribution in [0.5, 0.6) is 0 Å². The number of thioether (sulfide) groups is 1. The van der Waals surface area contributed by atoms with Crippen LogP contribution in [-0.4, -0.2) is 58.5 Å². The smallest absolute Gasteiger partial charge is 0.238 e. The van der Waals surface area contributed by atoms with E-state index in [0.717, 1.165) is 18.1 Å². The number of hydrogen-bond acceptors (Lipinski definition) is 7. The van der Waals surface area contributed by atoms with Crippen molar-refractivity contribution >= 4 is 35.1 Å². The molecule has 2 heterocycles. The first kappa shape index (κ1) is 23.4. The number of rotatable bonds is 11. The van der Waals surface area contributed by atoms with Crippen molar-refractivity contribution in [3.63, 3.8) is 0 Å². The van der Waals surface area contributed by atoms with Gasteiger partial charge in [0.15, 0.2) is 0 Å². The maximum absolute atomic E-state index is 12.8. The Labute approximate surface area is 182 Å². The average molecular weight is 429 g/mol. The van der Waals surface area contributed by atoms with E-state index in [9.17, 15) is 14.9 Å². The van der Waals surface area contributed by atoms with Gasteiger partial charge in [0, 0.05) is 44.0 Å². The molecule has 1 saturated heterocycles. The number of hydrogen-bond donors (Lipinski definition) is 3. The third kappa shape index (κ3) is 6.30. The molecule has 3 atom stereocenters. The summed E-state index contributed by atoms with van der Waals surface area (Å²) in [4.78, 5) is 30.9. The van der Waals surface area contributed by atoms with Gasteiger partial charge in [-0.3, -0.25) is 9.59 Å². The lowest BCUT2D eigenvalue weighted by molar-refractivity contribution is -0.131. The molecule has 9 heteroatoms. The van der Waals surface area contributed by atoms with Crippen LogP contribution in [0.15, 0.2) is 18.3 Å². The highest BCUT2D eigenvalue weighted by molar-refractivity contribution is 8.01. The fourth-order valence-electron chi connectivity index (χ4n) is 3.23. The van der Waals surface area contributed by atoms with Gasteiger partial charge in [-0.25, -0.2) is 4.98 Å². The summed E-state index contributed by atoms with van der Waals surface area (Å²) in [5.74, 6) is 1.96. The van der Waals surface area contributed by atoms with E-state index in [-0.39, 0.29) is 35.4 Å². The van der Waals surface area contributed by atoms with E-state index in [1.165, 1.54) is 11.8 Å². The second-order valence-corrected chi connectivity index (χ2v) is 8.10. The first-order valence-electron chi connectivity index (χ1n) is 10.0. The molecule has 1 fully saturated rings. The maximum Gasteiger partial charge on any atom is 0.238 e. The van der Waals surface area contributed by atoms with Gasteiger partial charge in [-0.05, 0) is 26.3 Å². The molecular weight excluding hydrogens is 400 g/mol. The molecule has 1 aliphatic rings. The van der Waals surface area contributed by atoms with Crippen molar-refractivity contribution in [1.82, 2.24) is 15.2 Å². The summed E-state index contributed by atoms with van der Waals surface area (Å²) < 4.78 is 0. The quantitative estimate of drug-likeness (QED) is 0.462. The Morgan fingerprint density at radius 3 is 2.90 bits per heavy atom. The lowest BCUT2D eigenvalue weighted by Gasteiger charge is -2.23. The molecule has 3 N–H and O–H groups in total.